The van der Waals surface area contributed by atoms with Crippen LogP contribution in [0.1, 0.15) is 42.9 Å². The van der Waals surface area contributed by atoms with Crippen molar-refractivity contribution in [1.29, 1.82) is 0 Å². The molecule has 22 heavy (non-hydrogen) atoms. The standard InChI is InChI=1S/C19H22ClNO/c1-13(2)16-10-7-15(8-11-16)9-12-19(22)21-18-6-4-5-17(20)14(18)3/h4-8,10-11,13H,9,12H2,1-3H3,(H,21,22). The van der Waals surface area contributed by atoms with Gasteiger partial charge in [0.1, 0.15) is 0 Å². The molecular formula is C19H22ClNO. The molecule has 116 valence electrons. The molecule has 0 radical (unpaired) electrons. The van der Waals surface area contributed by atoms with Crippen LogP contribution in [0, 0.1) is 6.92 Å². The fourth-order valence-corrected chi connectivity index (χ4v) is 2.46. The Morgan fingerprint density at radius 2 is 1.82 bits per heavy atom. The number of rotatable bonds is 5. The van der Waals surface area contributed by atoms with Gasteiger partial charge in [-0.1, -0.05) is 55.8 Å². The van der Waals surface area contributed by atoms with Gasteiger partial charge in [-0.2, -0.15) is 0 Å². The van der Waals surface area contributed by atoms with E-state index in [0.717, 1.165) is 17.7 Å². The first kappa shape index (κ1) is 16.6. The highest BCUT2D eigenvalue weighted by Gasteiger charge is 2.07. The minimum absolute atomic E-state index is 0.0123. The van der Waals surface area contributed by atoms with Crippen molar-refractivity contribution in [3.05, 3.63) is 64.2 Å². The molecule has 2 rings (SSSR count). The van der Waals surface area contributed by atoms with Gasteiger partial charge in [0, 0.05) is 17.1 Å². The van der Waals surface area contributed by atoms with Gasteiger partial charge in [0.15, 0.2) is 0 Å². The van der Waals surface area contributed by atoms with Crippen LogP contribution in [0.2, 0.25) is 5.02 Å². The van der Waals surface area contributed by atoms with Gasteiger partial charge in [0.25, 0.3) is 0 Å². The normalized spacial score (nSPS) is 10.8. The summed E-state index contributed by atoms with van der Waals surface area (Å²) in [4.78, 5) is 12.1. The van der Waals surface area contributed by atoms with Crippen LogP contribution in [0.25, 0.3) is 0 Å². The number of carbonyl (C=O) groups excluding carboxylic acids is 1. The zero-order valence-corrected chi connectivity index (χ0v) is 14.1. The molecule has 0 spiro atoms. The Labute approximate surface area is 137 Å². The van der Waals surface area contributed by atoms with Gasteiger partial charge >= 0.3 is 0 Å². The fraction of sp³-hybridized carbons (Fsp3) is 0.316. The Morgan fingerprint density at radius 3 is 2.45 bits per heavy atom. The number of anilines is 1. The highest BCUT2D eigenvalue weighted by Crippen LogP contribution is 2.23. The molecule has 0 bridgehead atoms. The molecule has 2 nitrogen and oxygen atoms in total. The summed E-state index contributed by atoms with van der Waals surface area (Å²) >= 11 is 6.06. The maximum absolute atomic E-state index is 12.1. The van der Waals surface area contributed by atoms with Gasteiger partial charge in [-0.05, 0) is 48.1 Å². The molecule has 0 heterocycles. The molecule has 0 atom stereocenters. The topological polar surface area (TPSA) is 29.1 Å². The predicted octanol–water partition coefficient (Wildman–Crippen LogP) is 5.34. The molecule has 0 aromatic heterocycles. The quantitative estimate of drug-likeness (QED) is 0.792. The fourth-order valence-electron chi connectivity index (χ4n) is 2.28. The Hall–Kier alpha value is -1.80. The summed E-state index contributed by atoms with van der Waals surface area (Å²) in [5, 5.41) is 3.60. The lowest BCUT2D eigenvalue weighted by atomic mass is 10.0. The van der Waals surface area contributed by atoms with Crippen molar-refractivity contribution in [2.45, 2.75) is 39.5 Å². The van der Waals surface area contributed by atoms with Crippen LogP contribution >= 0.6 is 11.6 Å². The Morgan fingerprint density at radius 1 is 1.14 bits per heavy atom. The summed E-state index contributed by atoms with van der Waals surface area (Å²) in [6.07, 6.45) is 1.21. The van der Waals surface area contributed by atoms with Crippen molar-refractivity contribution in [3.8, 4) is 0 Å². The van der Waals surface area contributed by atoms with Crippen LogP contribution in [0.3, 0.4) is 0 Å². The number of aryl methyl sites for hydroxylation is 1. The largest absolute Gasteiger partial charge is 0.326 e. The summed E-state index contributed by atoms with van der Waals surface area (Å²) < 4.78 is 0. The summed E-state index contributed by atoms with van der Waals surface area (Å²) in [5.74, 6) is 0.543. The number of amides is 1. The van der Waals surface area contributed by atoms with Gasteiger partial charge in [0.05, 0.1) is 0 Å². The molecule has 0 aliphatic rings. The first-order valence-electron chi connectivity index (χ1n) is 7.61. The number of nitrogens with one attached hydrogen (secondary N) is 1. The highest BCUT2D eigenvalue weighted by atomic mass is 35.5. The molecule has 0 aliphatic carbocycles. The summed E-state index contributed by atoms with van der Waals surface area (Å²) in [6, 6.07) is 14.0. The molecule has 1 amide bonds. The number of halogens is 1. The van der Waals surface area contributed by atoms with Crippen molar-refractivity contribution in [1.82, 2.24) is 0 Å². The van der Waals surface area contributed by atoms with E-state index in [0.29, 0.717) is 17.4 Å². The van der Waals surface area contributed by atoms with E-state index >= 15 is 0 Å². The van der Waals surface area contributed by atoms with Crippen LogP contribution in [-0.2, 0) is 11.2 Å². The average molecular weight is 316 g/mol. The monoisotopic (exact) mass is 315 g/mol. The smallest absolute Gasteiger partial charge is 0.224 e. The molecule has 0 unspecified atom stereocenters. The van der Waals surface area contributed by atoms with Crippen LogP contribution in [0.4, 0.5) is 5.69 Å². The predicted molar refractivity (Wildman–Crippen MR) is 93.7 cm³/mol. The third-order valence-electron chi connectivity index (χ3n) is 3.83. The molecule has 3 heteroatoms. The van der Waals surface area contributed by atoms with E-state index in [1.54, 1.807) is 0 Å². The Bertz CT molecular complexity index is 647. The molecule has 0 saturated heterocycles. The van der Waals surface area contributed by atoms with E-state index < -0.39 is 0 Å². The van der Waals surface area contributed by atoms with Crippen LogP contribution in [-0.4, -0.2) is 5.91 Å². The van der Waals surface area contributed by atoms with Crippen molar-refractivity contribution >= 4 is 23.2 Å². The summed E-state index contributed by atoms with van der Waals surface area (Å²) in [6.45, 7) is 6.26. The van der Waals surface area contributed by atoms with Gasteiger partial charge < -0.3 is 5.32 Å². The van der Waals surface area contributed by atoms with Crippen molar-refractivity contribution < 1.29 is 4.79 Å². The first-order valence-corrected chi connectivity index (χ1v) is 7.99. The van der Waals surface area contributed by atoms with E-state index in [1.807, 2.05) is 25.1 Å². The zero-order valence-electron chi connectivity index (χ0n) is 13.3. The van der Waals surface area contributed by atoms with Gasteiger partial charge in [-0.3, -0.25) is 4.79 Å². The molecule has 0 saturated carbocycles. The van der Waals surface area contributed by atoms with E-state index in [-0.39, 0.29) is 5.91 Å². The number of benzene rings is 2. The van der Waals surface area contributed by atoms with Crippen LogP contribution < -0.4 is 5.32 Å². The zero-order chi connectivity index (χ0) is 16.1. The third kappa shape index (κ3) is 4.35. The minimum atomic E-state index is 0.0123. The molecule has 0 aliphatic heterocycles. The molecule has 2 aromatic carbocycles. The van der Waals surface area contributed by atoms with Crippen molar-refractivity contribution in [2.24, 2.45) is 0 Å². The average Bonchev–Trinajstić information content (AvgIpc) is 2.50. The molecule has 2 aromatic rings. The maximum atomic E-state index is 12.1. The lowest BCUT2D eigenvalue weighted by Gasteiger charge is -2.10. The minimum Gasteiger partial charge on any atom is -0.326 e. The van der Waals surface area contributed by atoms with E-state index in [4.69, 9.17) is 11.6 Å². The summed E-state index contributed by atoms with van der Waals surface area (Å²) in [5.41, 5.74) is 4.19. The van der Waals surface area contributed by atoms with Gasteiger partial charge in [-0.25, -0.2) is 0 Å². The number of carbonyl (C=O) groups is 1. The van der Waals surface area contributed by atoms with Crippen molar-refractivity contribution in [2.75, 3.05) is 5.32 Å². The second-order valence-electron chi connectivity index (χ2n) is 5.86. The molecule has 0 fully saturated rings. The second kappa shape index (κ2) is 7.46. The first-order chi connectivity index (χ1) is 10.5. The summed E-state index contributed by atoms with van der Waals surface area (Å²) in [7, 11) is 0. The van der Waals surface area contributed by atoms with E-state index in [9.17, 15) is 4.79 Å². The van der Waals surface area contributed by atoms with Crippen LogP contribution in [0.15, 0.2) is 42.5 Å². The van der Waals surface area contributed by atoms with E-state index in [1.165, 1.54) is 11.1 Å². The molecule has 1 N–H and O–H groups in total. The lowest BCUT2D eigenvalue weighted by Crippen LogP contribution is -2.13. The number of hydrogen-bond acceptors (Lipinski definition) is 1. The van der Waals surface area contributed by atoms with Gasteiger partial charge in [0.2, 0.25) is 5.91 Å². The highest BCUT2D eigenvalue weighted by molar-refractivity contribution is 6.31. The second-order valence-corrected chi connectivity index (χ2v) is 6.26. The van der Waals surface area contributed by atoms with E-state index in [2.05, 4.69) is 43.4 Å². The molecular weight excluding hydrogens is 294 g/mol. The van der Waals surface area contributed by atoms with Crippen molar-refractivity contribution in [3.63, 3.8) is 0 Å². The Kier molecular flexibility index (Phi) is 5.62. The SMILES string of the molecule is Cc1c(Cl)cccc1NC(=O)CCc1ccc(C(C)C)cc1. The number of hydrogen-bond donors (Lipinski definition) is 1. The lowest BCUT2D eigenvalue weighted by molar-refractivity contribution is -0.116. The van der Waals surface area contributed by atoms with Gasteiger partial charge in [-0.15, -0.1) is 0 Å². The Balaban J connectivity index is 1.91. The van der Waals surface area contributed by atoms with Crippen LogP contribution in [0.5, 0.6) is 0 Å². The third-order valence-corrected chi connectivity index (χ3v) is 4.24. The maximum Gasteiger partial charge on any atom is 0.224 e.